The van der Waals surface area contributed by atoms with E-state index in [0.717, 1.165) is 49.7 Å². The maximum atomic E-state index is 11.7. The van der Waals surface area contributed by atoms with E-state index in [1.54, 1.807) is 7.05 Å². The minimum Gasteiger partial charge on any atom is -0.370 e. The van der Waals surface area contributed by atoms with E-state index >= 15 is 0 Å². The van der Waals surface area contributed by atoms with Gasteiger partial charge in [0.05, 0.1) is 10.7 Å². The molecule has 1 amide bonds. The van der Waals surface area contributed by atoms with Gasteiger partial charge in [-0.25, -0.2) is 0 Å². The Bertz CT molecular complexity index is 484. The Morgan fingerprint density at radius 1 is 1.38 bits per heavy atom. The third-order valence-corrected chi connectivity index (χ3v) is 4.35. The van der Waals surface area contributed by atoms with E-state index in [-0.39, 0.29) is 11.8 Å². The van der Waals surface area contributed by atoms with Gasteiger partial charge in [-0.05, 0) is 37.1 Å². The van der Waals surface area contributed by atoms with Crippen LogP contribution in [0.4, 0.5) is 5.69 Å². The Hall–Kier alpha value is -1.26. The highest BCUT2D eigenvalue weighted by Crippen LogP contribution is 2.30. The van der Waals surface area contributed by atoms with E-state index in [0.29, 0.717) is 0 Å². The fourth-order valence-corrected chi connectivity index (χ4v) is 3.10. The van der Waals surface area contributed by atoms with Crippen LogP contribution in [0.3, 0.4) is 0 Å². The van der Waals surface area contributed by atoms with Crippen LogP contribution in [-0.4, -0.2) is 32.6 Å². The summed E-state index contributed by atoms with van der Waals surface area (Å²) in [7, 11) is 1.70. The van der Waals surface area contributed by atoms with Crippen LogP contribution < -0.4 is 15.5 Å². The molecule has 0 saturated carbocycles. The molecule has 2 N–H and O–H groups in total. The number of nitrogens with one attached hydrogen (secondary N) is 2. The second kappa shape index (κ2) is 7.66. The number of hydrogen-bond acceptors (Lipinski definition) is 3. The zero-order chi connectivity index (χ0) is 15.2. The van der Waals surface area contributed by atoms with Crippen molar-refractivity contribution in [2.75, 3.05) is 31.6 Å². The van der Waals surface area contributed by atoms with Gasteiger partial charge >= 0.3 is 0 Å². The summed E-state index contributed by atoms with van der Waals surface area (Å²) >= 11 is 6.42. The van der Waals surface area contributed by atoms with Crippen LogP contribution in [0, 0.1) is 5.92 Å². The van der Waals surface area contributed by atoms with Gasteiger partial charge in [-0.15, -0.1) is 0 Å². The molecule has 1 saturated heterocycles. The molecule has 0 radical (unpaired) electrons. The first-order chi connectivity index (χ1) is 10.2. The van der Waals surface area contributed by atoms with Crippen molar-refractivity contribution in [1.82, 2.24) is 10.6 Å². The molecule has 21 heavy (non-hydrogen) atoms. The normalized spacial score (nSPS) is 16.0. The summed E-state index contributed by atoms with van der Waals surface area (Å²) in [4.78, 5) is 13.9. The van der Waals surface area contributed by atoms with Crippen LogP contribution in [0.1, 0.15) is 25.3 Å². The molecular formula is C16H24ClN3O. The Labute approximate surface area is 131 Å². The van der Waals surface area contributed by atoms with Gasteiger partial charge in [-0.3, -0.25) is 4.79 Å². The summed E-state index contributed by atoms with van der Waals surface area (Å²) in [6.45, 7) is 5.64. The lowest BCUT2D eigenvalue weighted by Crippen LogP contribution is -2.39. The van der Waals surface area contributed by atoms with Crippen LogP contribution in [0.2, 0.25) is 5.02 Å². The first kappa shape index (κ1) is 16.1. The number of rotatable bonds is 5. The maximum Gasteiger partial charge on any atom is 0.222 e. The molecule has 0 aliphatic carbocycles. The second-order valence-corrected chi connectivity index (χ2v) is 5.85. The predicted octanol–water partition coefficient (Wildman–Crippen LogP) is 2.41. The molecule has 1 aromatic carbocycles. The molecule has 4 nitrogen and oxygen atoms in total. The fourth-order valence-electron chi connectivity index (χ4n) is 2.77. The van der Waals surface area contributed by atoms with Crippen molar-refractivity contribution in [3.63, 3.8) is 0 Å². The van der Waals surface area contributed by atoms with Gasteiger partial charge in [0, 0.05) is 32.6 Å². The number of carbonyl (C=O) groups is 1. The number of amides is 1. The van der Waals surface area contributed by atoms with Gasteiger partial charge in [-0.1, -0.05) is 24.6 Å². The SMILES string of the molecule is CCNCc1ccc(N2CCC(C(=O)NC)CC2)c(Cl)c1. The fraction of sp³-hybridized carbons (Fsp3) is 0.562. The highest BCUT2D eigenvalue weighted by Gasteiger charge is 2.25. The lowest BCUT2D eigenvalue weighted by molar-refractivity contribution is -0.125. The molecule has 0 unspecified atom stereocenters. The highest BCUT2D eigenvalue weighted by molar-refractivity contribution is 6.33. The first-order valence-electron chi connectivity index (χ1n) is 7.61. The number of benzene rings is 1. The Morgan fingerprint density at radius 3 is 2.67 bits per heavy atom. The molecule has 0 spiro atoms. The lowest BCUT2D eigenvalue weighted by Gasteiger charge is -2.33. The maximum absolute atomic E-state index is 11.7. The third kappa shape index (κ3) is 4.11. The zero-order valence-corrected chi connectivity index (χ0v) is 13.5. The summed E-state index contributed by atoms with van der Waals surface area (Å²) in [5.41, 5.74) is 2.28. The molecule has 1 heterocycles. The van der Waals surface area contributed by atoms with E-state index in [1.165, 1.54) is 5.56 Å². The standard InChI is InChI=1S/C16H24ClN3O/c1-3-19-11-12-4-5-15(14(17)10-12)20-8-6-13(7-9-20)16(21)18-2/h4-5,10,13,19H,3,6-9,11H2,1-2H3,(H,18,21). The van der Waals surface area contributed by atoms with E-state index in [4.69, 9.17) is 11.6 Å². The monoisotopic (exact) mass is 309 g/mol. The van der Waals surface area contributed by atoms with Crippen molar-refractivity contribution in [1.29, 1.82) is 0 Å². The van der Waals surface area contributed by atoms with Gasteiger partial charge in [0.15, 0.2) is 0 Å². The molecule has 1 aliphatic heterocycles. The largest absolute Gasteiger partial charge is 0.370 e. The molecule has 1 aromatic rings. The van der Waals surface area contributed by atoms with Crippen LogP contribution in [0.25, 0.3) is 0 Å². The molecule has 0 aromatic heterocycles. The number of halogens is 1. The average Bonchev–Trinajstić information content (AvgIpc) is 2.52. The van der Waals surface area contributed by atoms with Gasteiger partial charge in [0.25, 0.3) is 0 Å². The van der Waals surface area contributed by atoms with Crippen LogP contribution in [0.15, 0.2) is 18.2 Å². The van der Waals surface area contributed by atoms with E-state index in [1.807, 2.05) is 6.07 Å². The molecule has 2 rings (SSSR count). The van der Waals surface area contributed by atoms with Crippen LogP contribution in [0.5, 0.6) is 0 Å². The van der Waals surface area contributed by atoms with Crippen LogP contribution in [-0.2, 0) is 11.3 Å². The van der Waals surface area contributed by atoms with E-state index < -0.39 is 0 Å². The summed E-state index contributed by atoms with van der Waals surface area (Å²) in [5.74, 6) is 0.291. The summed E-state index contributed by atoms with van der Waals surface area (Å²) in [6.07, 6.45) is 1.77. The van der Waals surface area contributed by atoms with Gasteiger partial charge in [0.2, 0.25) is 5.91 Å². The predicted molar refractivity (Wildman–Crippen MR) is 87.8 cm³/mol. The number of anilines is 1. The molecule has 0 bridgehead atoms. The first-order valence-corrected chi connectivity index (χ1v) is 7.99. The molecular weight excluding hydrogens is 286 g/mol. The smallest absolute Gasteiger partial charge is 0.222 e. The number of hydrogen-bond donors (Lipinski definition) is 2. The van der Waals surface area contributed by atoms with Crippen molar-refractivity contribution in [2.24, 2.45) is 5.92 Å². The van der Waals surface area contributed by atoms with Crippen molar-refractivity contribution >= 4 is 23.2 Å². The van der Waals surface area contributed by atoms with Crippen molar-refractivity contribution in [3.05, 3.63) is 28.8 Å². The highest BCUT2D eigenvalue weighted by atomic mass is 35.5. The van der Waals surface area contributed by atoms with E-state index in [9.17, 15) is 4.79 Å². The quantitative estimate of drug-likeness (QED) is 0.878. The Balaban J connectivity index is 1.98. The average molecular weight is 310 g/mol. The Morgan fingerprint density at radius 2 is 2.10 bits per heavy atom. The summed E-state index contributed by atoms with van der Waals surface area (Å²) < 4.78 is 0. The Kier molecular flexibility index (Phi) is 5.88. The topological polar surface area (TPSA) is 44.4 Å². The van der Waals surface area contributed by atoms with Crippen molar-refractivity contribution in [3.8, 4) is 0 Å². The summed E-state index contributed by atoms with van der Waals surface area (Å²) in [5, 5.41) is 6.83. The molecule has 0 atom stereocenters. The van der Waals surface area contributed by atoms with Crippen LogP contribution >= 0.6 is 11.6 Å². The lowest BCUT2D eigenvalue weighted by atomic mass is 9.95. The van der Waals surface area contributed by atoms with Gasteiger partial charge in [0.1, 0.15) is 0 Å². The number of piperidine rings is 1. The van der Waals surface area contributed by atoms with Crippen molar-refractivity contribution in [2.45, 2.75) is 26.3 Å². The summed E-state index contributed by atoms with van der Waals surface area (Å²) in [6, 6.07) is 6.24. The minimum atomic E-state index is 0.137. The molecule has 1 aliphatic rings. The number of nitrogens with zero attached hydrogens (tertiary/aromatic N) is 1. The van der Waals surface area contributed by atoms with E-state index in [2.05, 4.69) is 34.6 Å². The molecule has 1 fully saturated rings. The molecule has 116 valence electrons. The second-order valence-electron chi connectivity index (χ2n) is 5.44. The molecule has 5 heteroatoms. The zero-order valence-electron chi connectivity index (χ0n) is 12.8. The minimum absolute atomic E-state index is 0.137. The number of carbonyl (C=O) groups excluding carboxylic acids is 1. The van der Waals surface area contributed by atoms with Crippen molar-refractivity contribution < 1.29 is 4.79 Å². The van der Waals surface area contributed by atoms with Gasteiger partial charge < -0.3 is 15.5 Å². The third-order valence-electron chi connectivity index (χ3n) is 4.04. The van der Waals surface area contributed by atoms with Gasteiger partial charge in [-0.2, -0.15) is 0 Å².